The van der Waals surface area contributed by atoms with Gasteiger partial charge in [-0.1, -0.05) is 30.3 Å². The maximum atomic E-state index is 12.7. The normalized spacial score (nSPS) is 15.0. The summed E-state index contributed by atoms with van der Waals surface area (Å²) in [7, 11) is 0. The number of nitrogens with zero attached hydrogens (tertiary/aromatic N) is 2. The molecule has 136 valence electrons. The van der Waals surface area contributed by atoms with Crippen molar-refractivity contribution < 1.29 is 4.79 Å². The van der Waals surface area contributed by atoms with Gasteiger partial charge in [-0.25, -0.2) is 0 Å². The van der Waals surface area contributed by atoms with Crippen LogP contribution in [0, 0.1) is 0 Å². The van der Waals surface area contributed by atoms with E-state index in [2.05, 4.69) is 16.0 Å². The van der Waals surface area contributed by atoms with Crippen molar-refractivity contribution in [3.05, 3.63) is 65.9 Å². The fourth-order valence-corrected chi connectivity index (χ4v) is 3.42. The molecule has 0 bridgehead atoms. The monoisotopic (exact) mass is 370 g/mol. The first-order chi connectivity index (χ1) is 12.2. The van der Waals surface area contributed by atoms with Crippen LogP contribution in [-0.2, 0) is 6.54 Å². The van der Waals surface area contributed by atoms with Crippen molar-refractivity contribution in [1.29, 1.82) is 0 Å². The van der Waals surface area contributed by atoms with Gasteiger partial charge in [0.1, 0.15) is 5.69 Å². The molecule has 3 N–H and O–H groups in total. The molecule has 1 fully saturated rings. The molecule has 1 aliphatic rings. The molecule has 3 aromatic rings. The summed E-state index contributed by atoms with van der Waals surface area (Å²) >= 11 is 0. The number of carbonyl (C=O) groups is 1. The molecule has 26 heavy (non-hydrogen) atoms. The number of nitrogens with one attached hydrogen (secondary N) is 1. The minimum atomic E-state index is 0. The maximum Gasteiger partial charge on any atom is 0.270 e. The van der Waals surface area contributed by atoms with Crippen molar-refractivity contribution in [3.63, 3.8) is 0 Å². The van der Waals surface area contributed by atoms with Crippen LogP contribution < -0.4 is 5.73 Å². The van der Waals surface area contributed by atoms with Gasteiger partial charge in [-0.3, -0.25) is 9.69 Å². The first-order valence-electron chi connectivity index (χ1n) is 8.63. The van der Waals surface area contributed by atoms with Crippen LogP contribution in [0.4, 0.5) is 5.69 Å². The number of amides is 1. The highest BCUT2D eigenvalue weighted by Gasteiger charge is 2.23. The third kappa shape index (κ3) is 3.84. The lowest BCUT2D eigenvalue weighted by molar-refractivity contribution is 0.0623. The average Bonchev–Trinajstić information content (AvgIpc) is 3.06. The zero-order valence-corrected chi connectivity index (χ0v) is 15.3. The summed E-state index contributed by atoms with van der Waals surface area (Å²) in [6, 6.07) is 17.9. The van der Waals surface area contributed by atoms with E-state index < -0.39 is 0 Å². The van der Waals surface area contributed by atoms with Crippen molar-refractivity contribution >= 4 is 34.9 Å². The van der Waals surface area contributed by atoms with Gasteiger partial charge in [0.15, 0.2) is 0 Å². The highest BCUT2D eigenvalue weighted by molar-refractivity contribution is 5.98. The van der Waals surface area contributed by atoms with E-state index in [0.29, 0.717) is 5.69 Å². The number of rotatable bonds is 3. The van der Waals surface area contributed by atoms with Gasteiger partial charge in [0, 0.05) is 49.3 Å². The van der Waals surface area contributed by atoms with Crippen molar-refractivity contribution in [1.82, 2.24) is 14.8 Å². The number of piperazine rings is 1. The SMILES string of the molecule is Cl.Nc1cccc(CN2CCN(C(=O)c3cc4ccccc4[nH]3)CC2)c1. The second-order valence-electron chi connectivity index (χ2n) is 6.58. The van der Waals surface area contributed by atoms with Crippen LogP contribution in [0.2, 0.25) is 0 Å². The van der Waals surface area contributed by atoms with E-state index in [-0.39, 0.29) is 18.3 Å². The molecule has 2 heterocycles. The molecule has 0 radical (unpaired) electrons. The number of nitrogens with two attached hydrogens (primary N) is 1. The minimum Gasteiger partial charge on any atom is -0.399 e. The van der Waals surface area contributed by atoms with Crippen molar-refractivity contribution in [2.75, 3.05) is 31.9 Å². The highest BCUT2D eigenvalue weighted by Crippen LogP contribution is 2.17. The smallest absolute Gasteiger partial charge is 0.270 e. The Labute approximate surface area is 159 Å². The number of H-pyrrole nitrogens is 1. The second kappa shape index (κ2) is 7.81. The Morgan fingerprint density at radius 2 is 1.77 bits per heavy atom. The van der Waals surface area contributed by atoms with Crippen molar-refractivity contribution in [3.8, 4) is 0 Å². The Morgan fingerprint density at radius 1 is 1.00 bits per heavy atom. The van der Waals surface area contributed by atoms with E-state index in [1.165, 1.54) is 5.56 Å². The minimum absolute atomic E-state index is 0. The number of carbonyl (C=O) groups excluding carboxylic acids is 1. The Hall–Kier alpha value is -2.50. The summed E-state index contributed by atoms with van der Waals surface area (Å²) in [6.07, 6.45) is 0. The van der Waals surface area contributed by atoms with E-state index in [1.54, 1.807) is 0 Å². The molecule has 4 rings (SSSR count). The Morgan fingerprint density at radius 3 is 2.50 bits per heavy atom. The van der Waals surface area contributed by atoms with Crippen LogP contribution in [0.3, 0.4) is 0 Å². The molecular weight excluding hydrogens is 348 g/mol. The third-order valence-electron chi connectivity index (χ3n) is 4.78. The first-order valence-corrected chi connectivity index (χ1v) is 8.63. The number of aromatic nitrogens is 1. The van der Waals surface area contributed by atoms with E-state index >= 15 is 0 Å². The van der Waals surface area contributed by atoms with Crippen molar-refractivity contribution in [2.45, 2.75) is 6.54 Å². The van der Waals surface area contributed by atoms with Crippen LogP contribution in [0.1, 0.15) is 16.1 Å². The molecule has 0 unspecified atom stereocenters. The number of aromatic amines is 1. The van der Waals surface area contributed by atoms with Crippen LogP contribution in [0.25, 0.3) is 10.9 Å². The maximum absolute atomic E-state index is 12.7. The fourth-order valence-electron chi connectivity index (χ4n) is 3.42. The zero-order chi connectivity index (χ0) is 17.2. The quantitative estimate of drug-likeness (QED) is 0.696. The van der Waals surface area contributed by atoms with Gasteiger partial charge < -0.3 is 15.6 Å². The number of anilines is 1. The predicted octanol–water partition coefficient (Wildman–Crippen LogP) is 3.13. The summed E-state index contributed by atoms with van der Waals surface area (Å²) in [5, 5.41) is 1.08. The largest absolute Gasteiger partial charge is 0.399 e. The molecule has 2 aromatic carbocycles. The zero-order valence-electron chi connectivity index (χ0n) is 14.5. The Bertz CT molecular complexity index is 866. The Balaban J connectivity index is 0.00000196. The average molecular weight is 371 g/mol. The second-order valence-corrected chi connectivity index (χ2v) is 6.58. The number of nitrogen functional groups attached to an aromatic ring is 1. The third-order valence-corrected chi connectivity index (χ3v) is 4.78. The van der Waals surface area contributed by atoms with Gasteiger partial charge in [0.05, 0.1) is 0 Å². The topological polar surface area (TPSA) is 65.4 Å². The number of para-hydroxylation sites is 1. The lowest BCUT2D eigenvalue weighted by Crippen LogP contribution is -2.48. The summed E-state index contributed by atoms with van der Waals surface area (Å²) in [5.41, 5.74) is 9.54. The Kier molecular flexibility index (Phi) is 5.49. The molecule has 5 nitrogen and oxygen atoms in total. The van der Waals surface area contributed by atoms with Crippen LogP contribution in [0.5, 0.6) is 0 Å². The van der Waals surface area contributed by atoms with Crippen LogP contribution in [0.15, 0.2) is 54.6 Å². The summed E-state index contributed by atoms with van der Waals surface area (Å²) in [4.78, 5) is 20.3. The standard InChI is InChI=1S/C20H22N4O.ClH/c21-17-6-3-4-15(12-17)14-23-8-10-24(11-9-23)20(25)19-13-16-5-1-2-7-18(16)22-19;/h1-7,12-13,22H,8-11,14,21H2;1H. The van der Waals surface area contributed by atoms with E-state index in [9.17, 15) is 4.79 Å². The first kappa shape index (κ1) is 18.3. The van der Waals surface area contributed by atoms with E-state index in [4.69, 9.17) is 5.73 Å². The lowest BCUT2D eigenvalue weighted by atomic mass is 10.1. The molecule has 1 aliphatic heterocycles. The molecule has 0 atom stereocenters. The van der Waals surface area contributed by atoms with Gasteiger partial charge in [-0.05, 0) is 29.8 Å². The lowest BCUT2D eigenvalue weighted by Gasteiger charge is -2.34. The predicted molar refractivity (Wildman–Crippen MR) is 108 cm³/mol. The van der Waals surface area contributed by atoms with Gasteiger partial charge in [-0.2, -0.15) is 0 Å². The van der Waals surface area contributed by atoms with E-state index in [0.717, 1.165) is 49.3 Å². The number of hydrogen-bond acceptors (Lipinski definition) is 3. The molecule has 0 saturated carbocycles. The van der Waals surface area contributed by atoms with Gasteiger partial charge in [0.25, 0.3) is 5.91 Å². The van der Waals surface area contributed by atoms with Gasteiger partial charge in [0.2, 0.25) is 0 Å². The molecule has 1 saturated heterocycles. The fraction of sp³-hybridized carbons (Fsp3) is 0.250. The summed E-state index contributed by atoms with van der Waals surface area (Å²) in [6.45, 7) is 4.12. The van der Waals surface area contributed by atoms with E-state index in [1.807, 2.05) is 53.4 Å². The van der Waals surface area contributed by atoms with Crippen LogP contribution >= 0.6 is 12.4 Å². The number of benzene rings is 2. The summed E-state index contributed by atoms with van der Waals surface area (Å²) < 4.78 is 0. The number of fused-ring (bicyclic) bond motifs is 1. The molecule has 1 aromatic heterocycles. The molecule has 0 spiro atoms. The van der Waals surface area contributed by atoms with Gasteiger partial charge >= 0.3 is 0 Å². The van der Waals surface area contributed by atoms with Crippen LogP contribution in [-0.4, -0.2) is 46.9 Å². The number of halogens is 1. The number of hydrogen-bond donors (Lipinski definition) is 2. The van der Waals surface area contributed by atoms with Gasteiger partial charge in [-0.15, -0.1) is 12.4 Å². The molecular formula is C20H23ClN4O. The molecule has 1 amide bonds. The van der Waals surface area contributed by atoms with Crippen molar-refractivity contribution in [2.24, 2.45) is 0 Å². The molecule has 0 aliphatic carbocycles. The highest BCUT2D eigenvalue weighted by atomic mass is 35.5. The summed E-state index contributed by atoms with van der Waals surface area (Å²) in [5.74, 6) is 0.0832. The molecule has 6 heteroatoms.